The quantitative estimate of drug-likeness (QED) is 0.763. The topological polar surface area (TPSA) is 30.0 Å². The molecule has 0 amide bonds. The van der Waals surface area contributed by atoms with Crippen molar-refractivity contribution in [1.29, 1.82) is 0 Å². The third-order valence-corrected chi connectivity index (χ3v) is 2.63. The highest BCUT2D eigenvalue weighted by Gasteiger charge is 2.19. The van der Waals surface area contributed by atoms with Crippen LogP contribution in [0, 0.1) is 25.5 Å². The number of hydrogen-bond donors (Lipinski definition) is 0. The molecular weight excluding hydrogens is 236 g/mol. The Balaban J connectivity index is 2.51. The molecule has 4 heteroatoms. The fourth-order valence-corrected chi connectivity index (χ4v) is 1.76. The van der Waals surface area contributed by atoms with E-state index in [1.165, 1.54) is 18.3 Å². The molecule has 2 aromatic rings. The van der Waals surface area contributed by atoms with E-state index in [0.717, 1.165) is 11.6 Å². The van der Waals surface area contributed by atoms with E-state index in [-0.39, 0.29) is 11.3 Å². The minimum Gasteiger partial charge on any atom is -0.287 e. The van der Waals surface area contributed by atoms with Gasteiger partial charge in [0.05, 0.1) is 5.56 Å². The first-order chi connectivity index (χ1) is 8.50. The molecule has 0 aliphatic rings. The Kier molecular flexibility index (Phi) is 3.19. The van der Waals surface area contributed by atoms with Crippen molar-refractivity contribution in [2.75, 3.05) is 0 Å². The minimum atomic E-state index is -1.13. The van der Waals surface area contributed by atoms with Crippen LogP contribution in [0.15, 0.2) is 30.5 Å². The zero-order chi connectivity index (χ0) is 13.3. The summed E-state index contributed by atoms with van der Waals surface area (Å²) in [6.45, 7) is 3.56. The summed E-state index contributed by atoms with van der Waals surface area (Å²) in [6, 6.07) is 5.30. The Labute approximate surface area is 103 Å². The predicted octanol–water partition coefficient (Wildman–Crippen LogP) is 3.21. The molecule has 92 valence electrons. The van der Waals surface area contributed by atoms with Gasteiger partial charge in [0.15, 0.2) is 11.6 Å². The van der Waals surface area contributed by atoms with Crippen molar-refractivity contribution in [2.45, 2.75) is 13.8 Å². The third kappa shape index (κ3) is 2.14. The number of nitrogens with zero attached hydrogens (tertiary/aromatic N) is 1. The number of carbonyl (C=O) groups excluding carboxylic acids is 1. The molecule has 1 aromatic carbocycles. The van der Waals surface area contributed by atoms with Crippen molar-refractivity contribution in [1.82, 2.24) is 4.98 Å². The molecule has 0 N–H and O–H groups in total. The molecule has 0 saturated heterocycles. The maximum Gasteiger partial charge on any atom is 0.214 e. The van der Waals surface area contributed by atoms with Gasteiger partial charge in [0, 0.05) is 6.20 Å². The number of aromatic nitrogens is 1. The van der Waals surface area contributed by atoms with E-state index in [4.69, 9.17) is 0 Å². The fraction of sp³-hybridized carbons (Fsp3) is 0.143. The number of aryl methyl sites for hydroxylation is 2. The molecule has 0 atom stereocenters. The zero-order valence-electron chi connectivity index (χ0n) is 10.00. The molecule has 1 heterocycles. The first kappa shape index (κ1) is 12.4. The molecule has 0 spiro atoms. The Morgan fingerprint density at radius 2 is 1.94 bits per heavy atom. The molecule has 0 aliphatic carbocycles. The minimum absolute atomic E-state index is 0.144. The first-order valence-corrected chi connectivity index (χ1v) is 5.42. The molecule has 0 radical (unpaired) electrons. The van der Waals surface area contributed by atoms with Crippen molar-refractivity contribution in [3.8, 4) is 0 Å². The Morgan fingerprint density at radius 3 is 2.61 bits per heavy atom. The smallest absolute Gasteiger partial charge is 0.214 e. The van der Waals surface area contributed by atoms with Gasteiger partial charge in [-0.05, 0) is 37.1 Å². The van der Waals surface area contributed by atoms with Gasteiger partial charge < -0.3 is 0 Å². The van der Waals surface area contributed by atoms with E-state index in [1.807, 2.05) is 6.92 Å². The van der Waals surface area contributed by atoms with Crippen molar-refractivity contribution in [2.24, 2.45) is 0 Å². The van der Waals surface area contributed by atoms with Crippen LogP contribution in [-0.2, 0) is 0 Å². The summed E-state index contributed by atoms with van der Waals surface area (Å²) in [5, 5.41) is 0. The van der Waals surface area contributed by atoms with Crippen LogP contribution in [0.5, 0.6) is 0 Å². The zero-order valence-corrected chi connectivity index (χ0v) is 10.00. The van der Waals surface area contributed by atoms with E-state index < -0.39 is 17.4 Å². The van der Waals surface area contributed by atoms with Crippen LogP contribution < -0.4 is 0 Å². The molecule has 0 saturated carbocycles. The van der Waals surface area contributed by atoms with Crippen LogP contribution in [0.3, 0.4) is 0 Å². The van der Waals surface area contributed by atoms with Crippen molar-refractivity contribution >= 4 is 5.78 Å². The van der Waals surface area contributed by atoms with Crippen molar-refractivity contribution < 1.29 is 13.6 Å². The van der Waals surface area contributed by atoms with Gasteiger partial charge in [-0.25, -0.2) is 8.78 Å². The second kappa shape index (κ2) is 4.64. The Bertz CT molecular complexity index is 623. The highest BCUT2D eigenvalue weighted by molar-refractivity contribution is 6.08. The van der Waals surface area contributed by atoms with Crippen LogP contribution in [0.1, 0.15) is 27.2 Å². The first-order valence-electron chi connectivity index (χ1n) is 5.42. The lowest BCUT2D eigenvalue weighted by Gasteiger charge is -2.06. The molecule has 0 fully saturated rings. The van der Waals surface area contributed by atoms with Crippen molar-refractivity contribution in [3.63, 3.8) is 0 Å². The second-order valence-electron chi connectivity index (χ2n) is 4.11. The number of benzene rings is 1. The average molecular weight is 247 g/mol. The molecule has 0 aliphatic heterocycles. The average Bonchev–Trinajstić information content (AvgIpc) is 2.32. The lowest BCUT2D eigenvalue weighted by Crippen LogP contribution is -2.09. The molecule has 18 heavy (non-hydrogen) atoms. The Hall–Kier alpha value is -2.10. The molecule has 1 aromatic heterocycles. The monoisotopic (exact) mass is 247 g/mol. The lowest BCUT2D eigenvalue weighted by atomic mass is 10.0. The van der Waals surface area contributed by atoms with Gasteiger partial charge in [0.2, 0.25) is 5.78 Å². The van der Waals surface area contributed by atoms with Gasteiger partial charge in [-0.1, -0.05) is 12.1 Å². The van der Waals surface area contributed by atoms with Crippen LogP contribution in [0.25, 0.3) is 0 Å². The molecule has 0 bridgehead atoms. The highest BCUT2D eigenvalue weighted by Crippen LogP contribution is 2.17. The maximum atomic E-state index is 13.5. The second-order valence-corrected chi connectivity index (χ2v) is 4.11. The van der Waals surface area contributed by atoms with Crippen LogP contribution in [-0.4, -0.2) is 10.8 Å². The van der Waals surface area contributed by atoms with Gasteiger partial charge in [-0.2, -0.15) is 0 Å². The summed E-state index contributed by atoms with van der Waals surface area (Å²) in [5.41, 5.74) is 1.40. The van der Waals surface area contributed by atoms with Gasteiger partial charge in [-0.15, -0.1) is 0 Å². The van der Waals surface area contributed by atoms with Gasteiger partial charge in [0.25, 0.3) is 0 Å². The van der Waals surface area contributed by atoms with Gasteiger partial charge in [0.1, 0.15) is 5.69 Å². The molecular formula is C14H11F2NO. The number of hydrogen-bond acceptors (Lipinski definition) is 2. The maximum absolute atomic E-state index is 13.5. The van der Waals surface area contributed by atoms with E-state index >= 15 is 0 Å². The number of ketones is 1. The molecule has 2 rings (SSSR count). The van der Waals surface area contributed by atoms with E-state index in [0.29, 0.717) is 5.56 Å². The lowest BCUT2D eigenvalue weighted by molar-refractivity contribution is 0.102. The SMILES string of the molecule is Cc1cnc(C(=O)c2cccc(F)c2F)c(C)c1. The number of rotatable bonds is 2. The molecule has 0 unspecified atom stereocenters. The van der Waals surface area contributed by atoms with Crippen LogP contribution in [0.4, 0.5) is 8.78 Å². The number of halogens is 2. The fourth-order valence-electron chi connectivity index (χ4n) is 1.76. The summed E-state index contributed by atoms with van der Waals surface area (Å²) in [4.78, 5) is 16.1. The summed E-state index contributed by atoms with van der Waals surface area (Å²) in [6.07, 6.45) is 1.53. The van der Waals surface area contributed by atoms with E-state index in [1.54, 1.807) is 13.0 Å². The highest BCUT2D eigenvalue weighted by atomic mass is 19.2. The van der Waals surface area contributed by atoms with Crippen LogP contribution in [0.2, 0.25) is 0 Å². The normalized spacial score (nSPS) is 10.4. The third-order valence-electron chi connectivity index (χ3n) is 2.63. The van der Waals surface area contributed by atoms with E-state index in [2.05, 4.69) is 4.98 Å². The van der Waals surface area contributed by atoms with Gasteiger partial charge >= 0.3 is 0 Å². The number of carbonyl (C=O) groups is 1. The summed E-state index contributed by atoms with van der Waals surface area (Å²) in [5.74, 6) is -2.78. The predicted molar refractivity (Wildman–Crippen MR) is 63.5 cm³/mol. The number of pyridine rings is 1. The standard InChI is InChI=1S/C14H11F2NO/c1-8-6-9(2)13(17-7-8)14(18)10-4-3-5-11(15)12(10)16/h3-7H,1-2H3. The largest absolute Gasteiger partial charge is 0.287 e. The van der Waals surface area contributed by atoms with Crippen LogP contribution >= 0.6 is 0 Å². The molecule has 2 nitrogen and oxygen atoms in total. The summed E-state index contributed by atoms with van der Waals surface area (Å²) < 4.78 is 26.6. The summed E-state index contributed by atoms with van der Waals surface area (Å²) >= 11 is 0. The van der Waals surface area contributed by atoms with Gasteiger partial charge in [-0.3, -0.25) is 9.78 Å². The summed E-state index contributed by atoms with van der Waals surface area (Å²) in [7, 11) is 0. The Morgan fingerprint density at radius 1 is 1.22 bits per heavy atom. The van der Waals surface area contributed by atoms with E-state index in [9.17, 15) is 13.6 Å². The van der Waals surface area contributed by atoms with Crippen molar-refractivity contribution in [3.05, 3.63) is 64.5 Å².